The molecule has 0 radical (unpaired) electrons. The van der Waals surface area contributed by atoms with Crippen LogP contribution in [-0.4, -0.2) is 32.2 Å². The zero-order chi connectivity index (χ0) is 19.2. The highest BCUT2D eigenvalue weighted by atomic mass is 35.5. The number of ether oxygens (including phenoxy) is 1. The Kier molecular flexibility index (Phi) is 6.12. The van der Waals surface area contributed by atoms with E-state index in [1.165, 1.54) is 0 Å². The number of halogens is 1. The van der Waals surface area contributed by atoms with Crippen LogP contribution in [-0.2, 0) is 9.53 Å². The highest BCUT2D eigenvalue weighted by molar-refractivity contribution is 6.31. The molecule has 1 saturated heterocycles. The zero-order valence-corrected chi connectivity index (χ0v) is 15.8. The van der Waals surface area contributed by atoms with Crippen molar-refractivity contribution in [2.75, 3.05) is 36.5 Å². The lowest BCUT2D eigenvalue weighted by molar-refractivity contribution is -0.112. The van der Waals surface area contributed by atoms with E-state index in [0.29, 0.717) is 23.9 Å². The first-order valence-electron chi connectivity index (χ1n) is 8.69. The topological polar surface area (TPSA) is 65.4 Å². The molecule has 0 bridgehead atoms. The van der Waals surface area contributed by atoms with Gasteiger partial charge in [-0.15, -0.1) is 0 Å². The summed E-state index contributed by atoms with van der Waals surface area (Å²) in [6, 6.07) is 15.0. The van der Waals surface area contributed by atoms with Crippen molar-refractivity contribution in [2.45, 2.75) is 6.92 Å². The van der Waals surface area contributed by atoms with Gasteiger partial charge in [0.05, 0.1) is 24.6 Å². The second kappa shape index (κ2) is 8.72. The molecule has 2 aromatic rings. The van der Waals surface area contributed by atoms with Crippen LogP contribution >= 0.6 is 11.6 Å². The van der Waals surface area contributed by atoms with Gasteiger partial charge < -0.3 is 15.0 Å². The van der Waals surface area contributed by atoms with Crippen molar-refractivity contribution in [3.05, 3.63) is 64.2 Å². The maximum atomic E-state index is 12.7. The molecule has 0 atom stereocenters. The second-order valence-electron chi connectivity index (χ2n) is 6.24. The lowest BCUT2D eigenvalue weighted by Gasteiger charge is -2.30. The number of hydrogen-bond donors (Lipinski definition) is 1. The van der Waals surface area contributed by atoms with Gasteiger partial charge >= 0.3 is 0 Å². The van der Waals surface area contributed by atoms with E-state index >= 15 is 0 Å². The number of rotatable bonds is 4. The van der Waals surface area contributed by atoms with E-state index in [4.69, 9.17) is 16.3 Å². The van der Waals surface area contributed by atoms with Gasteiger partial charge in [-0.3, -0.25) is 4.79 Å². The summed E-state index contributed by atoms with van der Waals surface area (Å²) in [6.07, 6.45) is 1.60. The van der Waals surface area contributed by atoms with E-state index < -0.39 is 5.91 Å². The predicted molar refractivity (Wildman–Crippen MR) is 108 cm³/mol. The number of hydrogen-bond acceptors (Lipinski definition) is 4. The van der Waals surface area contributed by atoms with Crippen LogP contribution < -0.4 is 10.2 Å². The number of aryl methyl sites for hydroxylation is 1. The number of nitrogens with zero attached hydrogens (tertiary/aromatic N) is 2. The van der Waals surface area contributed by atoms with E-state index in [-0.39, 0.29) is 5.57 Å². The molecule has 1 aliphatic rings. The third-order valence-electron chi connectivity index (χ3n) is 4.41. The van der Waals surface area contributed by atoms with Crippen LogP contribution in [0.3, 0.4) is 0 Å². The Morgan fingerprint density at radius 3 is 2.70 bits per heavy atom. The van der Waals surface area contributed by atoms with Crippen LogP contribution in [0.25, 0.3) is 6.08 Å². The zero-order valence-electron chi connectivity index (χ0n) is 15.0. The fourth-order valence-electron chi connectivity index (χ4n) is 2.93. The molecule has 1 aliphatic heterocycles. The summed E-state index contributed by atoms with van der Waals surface area (Å²) in [6.45, 7) is 4.66. The second-order valence-corrected chi connectivity index (χ2v) is 6.68. The minimum absolute atomic E-state index is 0.0391. The molecule has 5 nitrogen and oxygen atoms in total. The molecule has 0 saturated carbocycles. The Bertz CT molecular complexity index is 912. The molecule has 6 heteroatoms. The monoisotopic (exact) mass is 381 g/mol. The first kappa shape index (κ1) is 19.0. The molecular formula is C21H20ClN3O2. The molecule has 138 valence electrons. The van der Waals surface area contributed by atoms with Gasteiger partial charge in [-0.1, -0.05) is 35.9 Å². The third kappa shape index (κ3) is 4.68. The average Bonchev–Trinajstić information content (AvgIpc) is 2.68. The quantitative estimate of drug-likeness (QED) is 0.641. The fraction of sp³-hybridized carbons (Fsp3) is 0.238. The smallest absolute Gasteiger partial charge is 0.266 e. The SMILES string of the molecule is Cc1ccccc1/C=C(\C#N)C(=O)Nc1cc(Cl)ccc1N1CCOCC1. The number of carbonyl (C=O) groups is 1. The van der Waals surface area contributed by atoms with E-state index in [9.17, 15) is 10.1 Å². The average molecular weight is 382 g/mol. The number of nitrogens with one attached hydrogen (secondary N) is 1. The minimum atomic E-state index is -0.461. The van der Waals surface area contributed by atoms with Gasteiger partial charge in [0, 0.05) is 18.1 Å². The molecule has 1 N–H and O–H groups in total. The summed E-state index contributed by atoms with van der Waals surface area (Å²) in [5.41, 5.74) is 3.32. The fourth-order valence-corrected chi connectivity index (χ4v) is 3.10. The Morgan fingerprint density at radius 2 is 2.00 bits per heavy atom. The van der Waals surface area contributed by atoms with Crippen molar-refractivity contribution in [3.63, 3.8) is 0 Å². The Morgan fingerprint density at radius 1 is 1.26 bits per heavy atom. The van der Waals surface area contributed by atoms with Crippen molar-refractivity contribution in [2.24, 2.45) is 0 Å². The third-order valence-corrected chi connectivity index (χ3v) is 4.65. The van der Waals surface area contributed by atoms with Crippen molar-refractivity contribution in [3.8, 4) is 6.07 Å². The number of morpholine rings is 1. The molecule has 0 aliphatic carbocycles. The molecule has 2 aromatic carbocycles. The first-order valence-corrected chi connectivity index (χ1v) is 9.07. The van der Waals surface area contributed by atoms with Gasteiger partial charge in [-0.05, 0) is 42.3 Å². The molecular weight excluding hydrogens is 362 g/mol. The molecule has 0 aromatic heterocycles. The standard InChI is InChI=1S/C21H20ClN3O2/c1-15-4-2-3-5-16(15)12-17(14-23)21(26)24-19-13-18(22)6-7-20(19)25-8-10-27-11-9-25/h2-7,12-13H,8-11H2,1H3,(H,24,26)/b17-12+. The predicted octanol–water partition coefficient (Wildman–Crippen LogP) is 4.03. The van der Waals surface area contributed by atoms with Crippen molar-refractivity contribution >= 4 is 35.0 Å². The van der Waals surface area contributed by atoms with E-state index in [1.54, 1.807) is 18.2 Å². The summed E-state index contributed by atoms with van der Waals surface area (Å²) in [5.74, 6) is -0.461. The van der Waals surface area contributed by atoms with Crippen molar-refractivity contribution in [1.82, 2.24) is 0 Å². The van der Waals surface area contributed by atoms with Gasteiger partial charge in [-0.2, -0.15) is 5.26 Å². The van der Waals surface area contributed by atoms with E-state index in [1.807, 2.05) is 43.3 Å². The summed E-state index contributed by atoms with van der Waals surface area (Å²) in [7, 11) is 0. The largest absolute Gasteiger partial charge is 0.378 e. The van der Waals surface area contributed by atoms with E-state index in [2.05, 4.69) is 10.2 Å². The van der Waals surface area contributed by atoms with Gasteiger partial charge in [-0.25, -0.2) is 0 Å². The Labute approximate surface area is 163 Å². The summed E-state index contributed by atoms with van der Waals surface area (Å²) in [4.78, 5) is 14.8. The number of amides is 1. The Balaban J connectivity index is 1.87. The molecule has 1 fully saturated rings. The van der Waals surface area contributed by atoms with Gasteiger partial charge in [0.1, 0.15) is 11.6 Å². The lowest BCUT2D eigenvalue weighted by atomic mass is 10.1. The van der Waals surface area contributed by atoms with Crippen molar-refractivity contribution in [1.29, 1.82) is 5.26 Å². The first-order chi connectivity index (χ1) is 13.1. The van der Waals surface area contributed by atoms with Crippen LogP contribution in [0.2, 0.25) is 5.02 Å². The van der Waals surface area contributed by atoms with E-state index in [0.717, 1.165) is 29.9 Å². The number of anilines is 2. The molecule has 0 unspecified atom stereocenters. The van der Waals surface area contributed by atoms with Crippen molar-refractivity contribution < 1.29 is 9.53 Å². The van der Waals surface area contributed by atoms with Crippen LogP contribution in [0.15, 0.2) is 48.0 Å². The van der Waals surface area contributed by atoms with Gasteiger partial charge in [0.25, 0.3) is 5.91 Å². The maximum Gasteiger partial charge on any atom is 0.266 e. The number of nitriles is 1. The van der Waals surface area contributed by atoms with Crippen LogP contribution in [0, 0.1) is 18.3 Å². The molecule has 27 heavy (non-hydrogen) atoms. The lowest BCUT2D eigenvalue weighted by Crippen LogP contribution is -2.36. The highest BCUT2D eigenvalue weighted by Gasteiger charge is 2.18. The number of benzene rings is 2. The normalized spacial score (nSPS) is 14.6. The minimum Gasteiger partial charge on any atom is -0.378 e. The van der Waals surface area contributed by atoms with Crippen LogP contribution in [0.5, 0.6) is 0 Å². The summed E-state index contributed by atoms with van der Waals surface area (Å²) < 4.78 is 5.39. The molecule has 1 amide bonds. The highest BCUT2D eigenvalue weighted by Crippen LogP contribution is 2.30. The van der Waals surface area contributed by atoms with Crippen LogP contribution in [0.4, 0.5) is 11.4 Å². The van der Waals surface area contributed by atoms with Crippen LogP contribution in [0.1, 0.15) is 11.1 Å². The molecule has 1 heterocycles. The molecule has 0 spiro atoms. The Hall–Kier alpha value is -2.81. The van der Waals surface area contributed by atoms with Gasteiger partial charge in [0.15, 0.2) is 0 Å². The van der Waals surface area contributed by atoms with Gasteiger partial charge in [0.2, 0.25) is 0 Å². The number of carbonyl (C=O) groups excluding carboxylic acids is 1. The summed E-state index contributed by atoms with van der Waals surface area (Å²) >= 11 is 6.13. The maximum absolute atomic E-state index is 12.7. The summed E-state index contributed by atoms with van der Waals surface area (Å²) in [5, 5.41) is 12.8. The molecule has 3 rings (SSSR count).